The van der Waals surface area contributed by atoms with E-state index in [1.165, 1.54) is 38.1 Å². The van der Waals surface area contributed by atoms with Crippen LogP contribution in [0, 0.1) is 0 Å². The molecule has 12 aromatic rings. The Morgan fingerprint density at radius 1 is 0.258 bits per heavy atom. The lowest BCUT2D eigenvalue weighted by atomic mass is 9.96. The highest BCUT2D eigenvalue weighted by Crippen LogP contribution is 2.42. The van der Waals surface area contributed by atoms with Gasteiger partial charge in [0.25, 0.3) is 0 Å². The van der Waals surface area contributed by atoms with Crippen LogP contribution in [0.25, 0.3) is 111 Å². The largest absolute Gasteiger partial charge is 0.309 e. The van der Waals surface area contributed by atoms with Crippen LogP contribution in [0.1, 0.15) is 0 Å². The Kier molecular flexibility index (Phi) is 8.42. The van der Waals surface area contributed by atoms with E-state index in [1.54, 1.807) is 0 Å². The van der Waals surface area contributed by atoms with E-state index in [0.29, 0.717) is 17.5 Å². The first-order valence-electron chi connectivity index (χ1n) is 20.9. The molecule has 3 heterocycles. The number of hydrogen-bond donors (Lipinski definition) is 0. The molecule has 0 aliphatic carbocycles. The zero-order chi connectivity index (χ0) is 41.0. The molecule has 0 saturated carbocycles. The van der Waals surface area contributed by atoms with Crippen LogP contribution in [0.15, 0.2) is 224 Å². The van der Waals surface area contributed by atoms with Crippen LogP contribution in [0.4, 0.5) is 0 Å². The highest BCUT2D eigenvalue weighted by molar-refractivity contribution is 6.17. The summed E-state index contributed by atoms with van der Waals surface area (Å²) in [5, 5.41) is 4.87. The van der Waals surface area contributed by atoms with Crippen LogP contribution in [0.3, 0.4) is 0 Å². The van der Waals surface area contributed by atoms with Crippen molar-refractivity contribution in [3.63, 3.8) is 0 Å². The highest BCUT2D eigenvalue weighted by atomic mass is 15.0. The zero-order valence-electron chi connectivity index (χ0n) is 33.6. The molecule has 0 radical (unpaired) electrons. The first-order valence-corrected chi connectivity index (χ1v) is 20.9. The zero-order valence-corrected chi connectivity index (χ0v) is 33.6. The third-order valence-corrected chi connectivity index (χ3v) is 12.0. The summed E-state index contributed by atoms with van der Waals surface area (Å²) in [7, 11) is 0. The van der Waals surface area contributed by atoms with Gasteiger partial charge in [0, 0.05) is 49.6 Å². The van der Waals surface area contributed by atoms with Gasteiger partial charge >= 0.3 is 0 Å². The summed E-state index contributed by atoms with van der Waals surface area (Å²) in [6, 6.07) is 79.4. The average Bonchev–Trinajstić information content (AvgIpc) is 3.87. The predicted octanol–water partition coefficient (Wildman–Crippen LogP) is 14.4. The van der Waals surface area contributed by atoms with Gasteiger partial charge in [-0.15, -0.1) is 0 Å². The minimum absolute atomic E-state index is 0.631. The van der Waals surface area contributed by atoms with Crippen LogP contribution in [-0.4, -0.2) is 24.1 Å². The van der Waals surface area contributed by atoms with Crippen LogP contribution in [0.2, 0.25) is 0 Å². The number of fused-ring (bicyclic) bond motifs is 6. The van der Waals surface area contributed by atoms with Crippen molar-refractivity contribution in [1.82, 2.24) is 24.1 Å². The third kappa shape index (κ3) is 5.98. The van der Waals surface area contributed by atoms with Gasteiger partial charge in [0.1, 0.15) is 0 Å². The molecule has 5 heteroatoms. The van der Waals surface area contributed by atoms with Crippen molar-refractivity contribution >= 4 is 43.6 Å². The van der Waals surface area contributed by atoms with Crippen molar-refractivity contribution in [2.45, 2.75) is 0 Å². The highest BCUT2D eigenvalue weighted by Gasteiger charge is 2.20. The van der Waals surface area contributed by atoms with Gasteiger partial charge in [-0.3, -0.25) is 0 Å². The molecule has 62 heavy (non-hydrogen) atoms. The molecule has 12 rings (SSSR count). The molecule has 0 spiro atoms. The summed E-state index contributed by atoms with van der Waals surface area (Å²) in [6.45, 7) is 0. The second-order valence-corrected chi connectivity index (χ2v) is 15.6. The van der Waals surface area contributed by atoms with E-state index in [-0.39, 0.29) is 0 Å². The molecule has 0 N–H and O–H groups in total. The Morgan fingerprint density at radius 3 is 1.32 bits per heavy atom. The monoisotopic (exact) mass is 791 g/mol. The maximum absolute atomic E-state index is 5.05. The molecule has 0 aliphatic heterocycles. The van der Waals surface area contributed by atoms with E-state index in [2.05, 4.69) is 173 Å². The predicted molar refractivity (Wildman–Crippen MR) is 256 cm³/mol. The Balaban J connectivity index is 1.04. The molecule has 0 saturated heterocycles. The summed E-state index contributed by atoms with van der Waals surface area (Å²) < 4.78 is 4.79. The molecule has 9 aromatic carbocycles. The van der Waals surface area contributed by atoms with Crippen molar-refractivity contribution < 1.29 is 0 Å². The van der Waals surface area contributed by atoms with Crippen LogP contribution in [0.5, 0.6) is 0 Å². The van der Waals surface area contributed by atoms with Crippen molar-refractivity contribution in [2.24, 2.45) is 0 Å². The van der Waals surface area contributed by atoms with Gasteiger partial charge < -0.3 is 9.13 Å². The van der Waals surface area contributed by atoms with Crippen LogP contribution >= 0.6 is 0 Å². The van der Waals surface area contributed by atoms with E-state index in [4.69, 9.17) is 15.0 Å². The summed E-state index contributed by atoms with van der Waals surface area (Å²) in [4.78, 5) is 15.0. The fraction of sp³-hybridized carbons (Fsp3) is 0. The molecule has 0 aliphatic rings. The van der Waals surface area contributed by atoms with E-state index in [9.17, 15) is 0 Å². The number of aromatic nitrogens is 5. The van der Waals surface area contributed by atoms with Gasteiger partial charge in [-0.25, -0.2) is 15.0 Å². The van der Waals surface area contributed by atoms with E-state index < -0.39 is 0 Å². The summed E-state index contributed by atoms with van der Waals surface area (Å²) in [6.07, 6.45) is 0. The first-order chi connectivity index (χ1) is 30.7. The molecule has 5 nitrogen and oxygen atoms in total. The second kappa shape index (κ2) is 14.7. The molecule has 0 atom stereocenters. The Hall–Kier alpha value is -8.41. The SMILES string of the molecule is c1ccc(-c2nc(-c3ccccc3)nc(-c3cccc(-c4cccc5c4c4ccc(-c6ccc7c8ccccc8n(-c8ccccc8)c7c6)cc4n5-c4ccccc4)c3)n2)cc1. The Morgan fingerprint density at radius 2 is 0.694 bits per heavy atom. The number of rotatable bonds is 7. The number of para-hydroxylation sites is 3. The van der Waals surface area contributed by atoms with Crippen molar-refractivity contribution in [3.8, 4) is 67.8 Å². The van der Waals surface area contributed by atoms with E-state index >= 15 is 0 Å². The minimum Gasteiger partial charge on any atom is -0.309 e. The summed E-state index contributed by atoms with van der Waals surface area (Å²) in [5.74, 6) is 1.92. The van der Waals surface area contributed by atoms with Gasteiger partial charge in [-0.05, 0) is 76.9 Å². The molecule has 0 fully saturated rings. The lowest BCUT2D eigenvalue weighted by Crippen LogP contribution is -2.00. The quantitative estimate of drug-likeness (QED) is 0.162. The van der Waals surface area contributed by atoms with Crippen molar-refractivity contribution in [1.29, 1.82) is 0 Å². The van der Waals surface area contributed by atoms with E-state index in [1.807, 2.05) is 60.7 Å². The standard InChI is InChI=1S/C57H37N5/c1-5-17-38(18-6-1)55-58-56(39-19-7-2-8-20-39)60-57(59-55)43-22-15-21-42(35-43)46-28-16-30-51-54(46)49-34-32-41(37-53(49)62(51)45-25-11-4-12-26-45)40-31-33-48-47-27-13-14-29-50(47)61(52(48)36-40)44-23-9-3-10-24-44/h1-37H. The van der Waals surface area contributed by atoms with Gasteiger partial charge in [-0.1, -0.05) is 170 Å². The second-order valence-electron chi connectivity index (χ2n) is 15.6. The summed E-state index contributed by atoms with van der Waals surface area (Å²) in [5.41, 5.74) is 14.3. The maximum atomic E-state index is 5.05. The fourth-order valence-corrected chi connectivity index (χ4v) is 9.11. The van der Waals surface area contributed by atoms with Gasteiger partial charge in [0.15, 0.2) is 17.5 Å². The number of benzene rings is 9. The minimum atomic E-state index is 0.631. The molecule has 0 amide bonds. The van der Waals surface area contributed by atoms with Gasteiger partial charge in [0.05, 0.1) is 22.1 Å². The molecule has 0 bridgehead atoms. The number of nitrogens with zero attached hydrogens (tertiary/aromatic N) is 5. The molecule has 290 valence electrons. The average molecular weight is 792 g/mol. The topological polar surface area (TPSA) is 48.5 Å². The van der Waals surface area contributed by atoms with E-state index in [0.717, 1.165) is 55.8 Å². The molecule has 0 unspecified atom stereocenters. The fourth-order valence-electron chi connectivity index (χ4n) is 9.11. The number of hydrogen-bond acceptors (Lipinski definition) is 3. The normalized spacial score (nSPS) is 11.5. The van der Waals surface area contributed by atoms with Crippen LogP contribution < -0.4 is 0 Å². The van der Waals surface area contributed by atoms with Crippen molar-refractivity contribution in [3.05, 3.63) is 224 Å². The van der Waals surface area contributed by atoms with Crippen molar-refractivity contribution in [2.75, 3.05) is 0 Å². The van der Waals surface area contributed by atoms with Gasteiger partial charge in [-0.2, -0.15) is 0 Å². The summed E-state index contributed by atoms with van der Waals surface area (Å²) >= 11 is 0. The molecular weight excluding hydrogens is 755 g/mol. The first kappa shape index (κ1) is 35.5. The molecular formula is C57H37N5. The molecule has 3 aromatic heterocycles. The third-order valence-electron chi connectivity index (χ3n) is 12.0. The van der Waals surface area contributed by atoms with Crippen LogP contribution in [-0.2, 0) is 0 Å². The lowest BCUT2D eigenvalue weighted by Gasteiger charge is -2.11. The Labute approximate surface area is 358 Å². The maximum Gasteiger partial charge on any atom is 0.164 e. The van der Waals surface area contributed by atoms with Gasteiger partial charge in [0.2, 0.25) is 0 Å². The Bertz CT molecular complexity index is 3550. The smallest absolute Gasteiger partial charge is 0.164 e. The lowest BCUT2D eigenvalue weighted by molar-refractivity contribution is 1.07.